The average molecular weight is 408 g/mol. The van der Waals surface area contributed by atoms with Crippen molar-refractivity contribution in [2.75, 3.05) is 38.3 Å². The maximum Gasteiger partial charge on any atom is 0.508 e. The fourth-order valence-corrected chi connectivity index (χ4v) is 3.55. The minimum absolute atomic E-state index is 0.0362. The van der Waals surface area contributed by atoms with Crippen LogP contribution in [0.1, 0.15) is 52.4 Å². The number of amides is 1. The Morgan fingerprint density at radius 2 is 1.67 bits per heavy atom. The topological polar surface area (TPSA) is 99.2 Å². The highest BCUT2D eigenvalue weighted by atomic mass is 32.2. The molecule has 0 unspecified atom stereocenters. The molecule has 0 N–H and O–H groups in total. The molecule has 1 saturated heterocycles. The first-order chi connectivity index (χ1) is 12.8. The molecule has 1 amide bonds. The Kier molecular flexibility index (Phi) is 10.5. The van der Waals surface area contributed by atoms with Gasteiger partial charge in [-0.2, -0.15) is 0 Å². The molecule has 0 aromatic rings. The molecule has 1 aliphatic heterocycles. The van der Waals surface area contributed by atoms with Gasteiger partial charge in [-0.15, -0.1) is 0 Å². The lowest BCUT2D eigenvalue weighted by atomic mass is 9.89. The van der Waals surface area contributed by atoms with Gasteiger partial charge in [0.25, 0.3) is 0 Å². The molecule has 0 radical (unpaired) electrons. The number of methoxy groups -OCH3 is 1. The van der Waals surface area contributed by atoms with Crippen LogP contribution in [0.2, 0.25) is 0 Å². The van der Waals surface area contributed by atoms with Crippen molar-refractivity contribution in [1.29, 1.82) is 0 Å². The zero-order chi connectivity index (χ0) is 20.3. The molecule has 0 atom stereocenters. The van der Waals surface area contributed by atoms with E-state index < -0.39 is 16.0 Å². The minimum atomic E-state index is -3.03. The van der Waals surface area contributed by atoms with Crippen LogP contribution >= 0.6 is 0 Å². The van der Waals surface area contributed by atoms with Crippen molar-refractivity contribution in [3.63, 3.8) is 0 Å². The monoisotopic (exact) mass is 407 g/mol. The van der Waals surface area contributed by atoms with Gasteiger partial charge in [-0.3, -0.25) is 0 Å². The van der Waals surface area contributed by atoms with Crippen LogP contribution in [0.4, 0.5) is 9.59 Å². The molecule has 2 fully saturated rings. The van der Waals surface area contributed by atoms with E-state index in [1.807, 2.05) is 0 Å². The summed E-state index contributed by atoms with van der Waals surface area (Å²) in [6, 6.07) is 0. The maximum absolute atomic E-state index is 11.3. The number of ether oxygens (including phenoxy) is 3. The number of likely N-dealkylation sites (tertiary alicyclic amines) is 1. The van der Waals surface area contributed by atoms with Crippen molar-refractivity contribution >= 4 is 22.1 Å². The third-order valence-corrected chi connectivity index (χ3v) is 6.48. The molecule has 27 heavy (non-hydrogen) atoms. The molecule has 0 aromatic heterocycles. The molecule has 1 saturated carbocycles. The quantitative estimate of drug-likeness (QED) is 0.646. The first kappa shape index (κ1) is 23.5. The standard InChI is InChI=1S/C9H17NO4S.C9H16O3/c1-2-15(12,13)8-7-14-9(11)10-5-3-4-6-10;1-7-3-5-8(6-4-7)12-9(10)11-2/h2-8H2,1H3;7-8H,3-6H2,1-2H3. The van der Waals surface area contributed by atoms with Gasteiger partial charge in [0.2, 0.25) is 0 Å². The lowest BCUT2D eigenvalue weighted by Gasteiger charge is -2.25. The van der Waals surface area contributed by atoms with Crippen LogP contribution in [0, 0.1) is 5.92 Å². The second-order valence-corrected chi connectivity index (χ2v) is 9.47. The average Bonchev–Trinajstić information content (AvgIpc) is 3.19. The highest BCUT2D eigenvalue weighted by Crippen LogP contribution is 2.25. The van der Waals surface area contributed by atoms with E-state index >= 15 is 0 Å². The second kappa shape index (κ2) is 12.0. The predicted octanol–water partition coefficient (Wildman–Crippen LogP) is 3.00. The largest absolute Gasteiger partial charge is 0.508 e. The summed E-state index contributed by atoms with van der Waals surface area (Å²) < 4.78 is 36.5. The maximum atomic E-state index is 11.3. The highest BCUT2D eigenvalue weighted by Gasteiger charge is 2.21. The van der Waals surface area contributed by atoms with Gasteiger partial charge in [-0.05, 0) is 44.4 Å². The summed E-state index contributed by atoms with van der Waals surface area (Å²) in [6.45, 7) is 5.22. The molecule has 2 rings (SSSR count). The van der Waals surface area contributed by atoms with Gasteiger partial charge < -0.3 is 19.1 Å². The Balaban J connectivity index is 0.000000277. The molecule has 0 spiro atoms. The number of carbonyl (C=O) groups is 2. The van der Waals surface area contributed by atoms with E-state index in [9.17, 15) is 18.0 Å². The number of hydrogen-bond donors (Lipinski definition) is 0. The van der Waals surface area contributed by atoms with Crippen LogP contribution in [0.5, 0.6) is 0 Å². The van der Waals surface area contributed by atoms with E-state index in [0.29, 0.717) is 0 Å². The zero-order valence-electron chi connectivity index (χ0n) is 16.6. The van der Waals surface area contributed by atoms with Crippen LogP contribution < -0.4 is 0 Å². The summed E-state index contributed by atoms with van der Waals surface area (Å²) in [5.74, 6) is 0.791. The Morgan fingerprint density at radius 3 is 2.19 bits per heavy atom. The van der Waals surface area contributed by atoms with E-state index in [2.05, 4.69) is 11.7 Å². The van der Waals surface area contributed by atoms with Gasteiger partial charge >= 0.3 is 12.2 Å². The molecule has 158 valence electrons. The van der Waals surface area contributed by atoms with Crippen molar-refractivity contribution < 1.29 is 32.2 Å². The number of carbonyl (C=O) groups excluding carboxylic acids is 2. The number of rotatable bonds is 5. The van der Waals surface area contributed by atoms with Gasteiger partial charge in [-0.1, -0.05) is 13.8 Å². The van der Waals surface area contributed by atoms with Crippen molar-refractivity contribution in [2.24, 2.45) is 5.92 Å². The summed E-state index contributed by atoms with van der Waals surface area (Å²) in [7, 11) is -1.69. The Morgan fingerprint density at radius 1 is 1.07 bits per heavy atom. The van der Waals surface area contributed by atoms with E-state index in [4.69, 9.17) is 9.47 Å². The van der Waals surface area contributed by atoms with Gasteiger partial charge in [-0.25, -0.2) is 18.0 Å². The summed E-state index contributed by atoms with van der Waals surface area (Å²) in [5.41, 5.74) is 0. The molecule has 1 heterocycles. The molecule has 0 aromatic carbocycles. The summed E-state index contributed by atoms with van der Waals surface area (Å²) in [6.07, 6.45) is 5.43. The summed E-state index contributed by atoms with van der Waals surface area (Å²) >= 11 is 0. The predicted molar refractivity (Wildman–Crippen MR) is 101 cm³/mol. The van der Waals surface area contributed by atoms with Crippen LogP contribution in [-0.2, 0) is 24.0 Å². The zero-order valence-corrected chi connectivity index (χ0v) is 17.5. The first-order valence-corrected chi connectivity index (χ1v) is 11.5. The fourth-order valence-electron chi connectivity index (χ4n) is 2.92. The highest BCUT2D eigenvalue weighted by molar-refractivity contribution is 7.91. The van der Waals surface area contributed by atoms with Crippen LogP contribution in [0.25, 0.3) is 0 Å². The minimum Gasteiger partial charge on any atom is -0.448 e. The number of hydrogen-bond acceptors (Lipinski definition) is 7. The Bertz CT molecular complexity index is 550. The van der Waals surface area contributed by atoms with Gasteiger partial charge in [0, 0.05) is 18.8 Å². The van der Waals surface area contributed by atoms with Gasteiger partial charge in [0.15, 0.2) is 9.84 Å². The third-order valence-electron chi connectivity index (χ3n) is 4.82. The van der Waals surface area contributed by atoms with E-state index in [0.717, 1.165) is 57.5 Å². The number of sulfone groups is 1. The molecule has 1 aliphatic carbocycles. The summed E-state index contributed by atoms with van der Waals surface area (Å²) in [4.78, 5) is 23.7. The van der Waals surface area contributed by atoms with Gasteiger partial charge in [0.05, 0.1) is 12.9 Å². The molecule has 9 heteroatoms. The molecule has 8 nitrogen and oxygen atoms in total. The van der Waals surface area contributed by atoms with Crippen LogP contribution in [-0.4, -0.2) is 70.0 Å². The van der Waals surface area contributed by atoms with Crippen molar-refractivity contribution in [3.8, 4) is 0 Å². The Labute approximate surface area is 162 Å². The lowest BCUT2D eigenvalue weighted by Crippen LogP contribution is -2.30. The van der Waals surface area contributed by atoms with Crippen molar-refractivity contribution in [3.05, 3.63) is 0 Å². The lowest BCUT2D eigenvalue weighted by molar-refractivity contribution is 0.0177. The van der Waals surface area contributed by atoms with Crippen molar-refractivity contribution in [2.45, 2.75) is 58.5 Å². The van der Waals surface area contributed by atoms with E-state index in [-0.39, 0.29) is 30.3 Å². The van der Waals surface area contributed by atoms with Crippen molar-refractivity contribution in [1.82, 2.24) is 4.90 Å². The molecule has 0 bridgehead atoms. The fraction of sp³-hybridized carbons (Fsp3) is 0.889. The first-order valence-electron chi connectivity index (χ1n) is 9.64. The second-order valence-electron chi connectivity index (χ2n) is 7.00. The molecular formula is C18H33NO7S. The smallest absolute Gasteiger partial charge is 0.448 e. The van der Waals surface area contributed by atoms with E-state index in [1.54, 1.807) is 11.8 Å². The summed E-state index contributed by atoms with van der Waals surface area (Å²) in [5, 5.41) is 0. The molecule has 2 aliphatic rings. The van der Waals surface area contributed by atoms with Crippen LogP contribution in [0.3, 0.4) is 0 Å². The third kappa shape index (κ3) is 9.83. The van der Waals surface area contributed by atoms with E-state index in [1.165, 1.54) is 7.11 Å². The van der Waals surface area contributed by atoms with Gasteiger partial charge in [0.1, 0.15) is 12.7 Å². The SMILES string of the molecule is CCS(=O)(=O)CCOC(=O)N1CCCC1.COC(=O)OC1CCC(C)CC1. The Hall–Kier alpha value is -1.51. The molecular weight excluding hydrogens is 374 g/mol. The van der Waals surface area contributed by atoms with Crippen LogP contribution in [0.15, 0.2) is 0 Å². The normalized spacial score (nSPS) is 22.4. The number of nitrogens with zero attached hydrogens (tertiary/aromatic N) is 1.